The maximum atomic E-state index is 11.6. The zero-order valence-electron chi connectivity index (χ0n) is 10.4. The van der Waals surface area contributed by atoms with E-state index in [0.717, 1.165) is 25.9 Å². The third-order valence-electron chi connectivity index (χ3n) is 2.53. The highest BCUT2D eigenvalue weighted by atomic mass is 16.2. The molecule has 15 heavy (non-hydrogen) atoms. The van der Waals surface area contributed by atoms with Gasteiger partial charge in [-0.05, 0) is 33.7 Å². The van der Waals surface area contributed by atoms with Crippen LogP contribution in [-0.4, -0.2) is 43.0 Å². The highest BCUT2D eigenvalue weighted by Gasteiger charge is 2.16. The minimum atomic E-state index is -0.0738. The average Bonchev–Trinajstić information content (AvgIpc) is 2.21. The number of nitrogens with zero attached hydrogens (tertiary/aromatic N) is 1. The van der Waals surface area contributed by atoms with Crippen LogP contribution in [0.1, 0.15) is 33.6 Å². The van der Waals surface area contributed by atoms with Crippen LogP contribution in [0.25, 0.3) is 0 Å². The van der Waals surface area contributed by atoms with Crippen molar-refractivity contribution in [3.8, 4) is 0 Å². The van der Waals surface area contributed by atoms with E-state index in [1.807, 2.05) is 32.7 Å². The standard InChI is InChI=1S/C11H25N3O/c1-5-7-13-11(15)10(3)14(4)8-6-9(2)12/h9-10H,5-8,12H2,1-4H3,(H,13,15). The van der Waals surface area contributed by atoms with E-state index < -0.39 is 0 Å². The molecule has 2 unspecified atom stereocenters. The third kappa shape index (κ3) is 6.47. The van der Waals surface area contributed by atoms with Crippen molar-refractivity contribution in [2.24, 2.45) is 5.73 Å². The molecule has 1 amide bonds. The number of hydrogen-bond acceptors (Lipinski definition) is 3. The smallest absolute Gasteiger partial charge is 0.237 e. The largest absolute Gasteiger partial charge is 0.355 e. The number of rotatable bonds is 7. The molecular weight excluding hydrogens is 190 g/mol. The Labute approximate surface area is 93.2 Å². The SMILES string of the molecule is CCCNC(=O)C(C)N(C)CCC(C)N. The van der Waals surface area contributed by atoms with Crippen LogP contribution in [0.15, 0.2) is 0 Å². The van der Waals surface area contributed by atoms with Gasteiger partial charge in [-0.2, -0.15) is 0 Å². The van der Waals surface area contributed by atoms with Crippen molar-refractivity contribution in [2.45, 2.75) is 45.7 Å². The van der Waals surface area contributed by atoms with E-state index in [2.05, 4.69) is 5.32 Å². The van der Waals surface area contributed by atoms with Crippen LogP contribution >= 0.6 is 0 Å². The van der Waals surface area contributed by atoms with Crippen molar-refractivity contribution in [3.63, 3.8) is 0 Å². The van der Waals surface area contributed by atoms with Crippen molar-refractivity contribution in [1.82, 2.24) is 10.2 Å². The molecule has 0 aliphatic rings. The van der Waals surface area contributed by atoms with Gasteiger partial charge < -0.3 is 11.1 Å². The van der Waals surface area contributed by atoms with E-state index in [1.54, 1.807) is 0 Å². The molecule has 0 aromatic heterocycles. The molecule has 0 aromatic carbocycles. The van der Waals surface area contributed by atoms with E-state index in [1.165, 1.54) is 0 Å². The molecule has 3 N–H and O–H groups in total. The monoisotopic (exact) mass is 215 g/mol. The maximum absolute atomic E-state index is 11.6. The van der Waals surface area contributed by atoms with Gasteiger partial charge >= 0.3 is 0 Å². The second-order valence-corrected chi connectivity index (χ2v) is 4.21. The molecule has 0 heterocycles. The summed E-state index contributed by atoms with van der Waals surface area (Å²) in [6, 6.07) is 0.119. The molecule has 0 aromatic rings. The Morgan fingerprint density at radius 2 is 2.07 bits per heavy atom. The molecule has 0 fully saturated rings. The minimum Gasteiger partial charge on any atom is -0.355 e. The zero-order chi connectivity index (χ0) is 11.8. The fourth-order valence-corrected chi connectivity index (χ4v) is 1.20. The van der Waals surface area contributed by atoms with Gasteiger partial charge in [-0.1, -0.05) is 6.92 Å². The minimum absolute atomic E-state index is 0.0738. The van der Waals surface area contributed by atoms with Gasteiger partial charge in [0.15, 0.2) is 0 Å². The van der Waals surface area contributed by atoms with Gasteiger partial charge in [-0.25, -0.2) is 0 Å². The summed E-state index contributed by atoms with van der Waals surface area (Å²) < 4.78 is 0. The number of hydrogen-bond donors (Lipinski definition) is 2. The van der Waals surface area contributed by atoms with Crippen LogP contribution in [-0.2, 0) is 4.79 Å². The summed E-state index contributed by atoms with van der Waals surface area (Å²) in [5.74, 6) is 0.101. The summed E-state index contributed by atoms with van der Waals surface area (Å²) in [7, 11) is 1.96. The van der Waals surface area contributed by atoms with Crippen molar-refractivity contribution >= 4 is 5.91 Å². The number of nitrogens with one attached hydrogen (secondary N) is 1. The molecule has 0 rings (SSSR count). The number of likely N-dealkylation sites (N-methyl/N-ethyl adjacent to an activating group) is 1. The molecule has 0 saturated heterocycles. The Morgan fingerprint density at radius 3 is 2.53 bits per heavy atom. The molecular formula is C11H25N3O. The lowest BCUT2D eigenvalue weighted by Crippen LogP contribution is -2.44. The van der Waals surface area contributed by atoms with E-state index in [-0.39, 0.29) is 18.0 Å². The molecule has 0 spiro atoms. The molecule has 4 nitrogen and oxygen atoms in total. The molecule has 0 bridgehead atoms. The molecule has 0 radical (unpaired) electrons. The average molecular weight is 215 g/mol. The summed E-state index contributed by atoms with van der Waals surface area (Å²) in [6.07, 6.45) is 1.89. The molecule has 2 atom stereocenters. The van der Waals surface area contributed by atoms with Crippen LogP contribution in [0, 0.1) is 0 Å². The number of carbonyl (C=O) groups is 1. The Morgan fingerprint density at radius 1 is 1.47 bits per heavy atom. The van der Waals surface area contributed by atoms with Crippen molar-refractivity contribution in [3.05, 3.63) is 0 Å². The highest BCUT2D eigenvalue weighted by Crippen LogP contribution is 1.98. The first-order valence-electron chi connectivity index (χ1n) is 5.72. The van der Waals surface area contributed by atoms with Crippen LogP contribution in [0.4, 0.5) is 0 Å². The lowest BCUT2D eigenvalue weighted by Gasteiger charge is -2.24. The Hall–Kier alpha value is -0.610. The van der Waals surface area contributed by atoms with Gasteiger partial charge in [-0.15, -0.1) is 0 Å². The van der Waals surface area contributed by atoms with Gasteiger partial charge in [0, 0.05) is 19.1 Å². The molecule has 0 saturated carbocycles. The number of amides is 1. The summed E-state index contributed by atoms with van der Waals surface area (Å²) >= 11 is 0. The normalized spacial score (nSPS) is 15.1. The van der Waals surface area contributed by atoms with E-state index in [4.69, 9.17) is 5.73 Å². The molecule has 0 aliphatic heterocycles. The van der Waals surface area contributed by atoms with Crippen LogP contribution in [0.3, 0.4) is 0 Å². The maximum Gasteiger partial charge on any atom is 0.237 e. The summed E-state index contributed by atoms with van der Waals surface area (Å²) in [5, 5.41) is 2.89. The van der Waals surface area contributed by atoms with Gasteiger partial charge in [0.25, 0.3) is 0 Å². The van der Waals surface area contributed by atoms with Gasteiger partial charge in [-0.3, -0.25) is 9.69 Å². The van der Waals surface area contributed by atoms with E-state index in [9.17, 15) is 4.79 Å². The van der Waals surface area contributed by atoms with Crippen LogP contribution in [0.5, 0.6) is 0 Å². The fourth-order valence-electron chi connectivity index (χ4n) is 1.20. The lowest BCUT2D eigenvalue weighted by atomic mass is 10.2. The number of carbonyl (C=O) groups excluding carboxylic acids is 1. The summed E-state index contributed by atoms with van der Waals surface area (Å²) in [6.45, 7) is 7.56. The molecule has 90 valence electrons. The van der Waals surface area contributed by atoms with Crippen molar-refractivity contribution in [1.29, 1.82) is 0 Å². The first-order chi connectivity index (χ1) is 6.99. The van der Waals surface area contributed by atoms with Crippen LogP contribution in [0.2, 0.25) is 0 Å². The predicted molar refractivity (Wildman–Crippen MR) is 63.7 cm³/mol. The molecule has 4 heteroatoms. The van der Waals surface area contributed by atoms with Gasteiger partial charge in [0.1, 0.15) is 0 Å². The summed E-state index contributed by atoms with van der Waals surface area (Å²) in [4.78, 5) is 13.6. The zero-order valence-corrected chi connectivity index (χ0v) is 10.4. The van der Waals surface area contributed by atoms with Crippen molar-refractivity contribution in [2.75, 3.05) is 20.1 Å². The first kappa shape index (κ1) is 14.4. The first-order valence-corrected chi connectivity index (χ1v) is 5.72. The second-order valence-electron chi connectivity index (χ2n) is 4.21. The lowest BCUT2D eigenvalue weighted by molar-refractivity contribution is -0.125. The van der Waals surface area contributed by atoms with Gasteiger partial charge in [0.05, 0.1) is 6.04 Å². The topological polar surface area (TPSA) is 58.4 Å². The van der Waals surface area contributed by atoms with Crippen molar-refractivity contribution < 1.29 is 4.79 Å². The second kappa shape index (κ2) is 7.65. The van der Waals surface area contributed by atoms with E-state index >= 15 is 0 Å². The highest BCUT2D eigenvalue weighted by molar-refractivity contribution is 5.81. The Balaban J connectivity index is 3.85. The quantitative estimate of drug-likeness (QED) is 0.653. The Kier molecular flexibility index (Phi) is 7.34. The number of nitrogens with two attached hydrogens (primary N) is 1. The van der Waals surface area contributed by atoms with Gasteiger partial charge in [0.2, 0.25) is 5.91 Å². The fraction of sp³-hybridized carbons (Fsp3) is 0.909. The Bertz CT molecular complexity index is 183. The third-order valence-corrected chi connectivity index (χ3v) is 2.53. The summed E-state index contributed by atoms with van der Waals surface area (Å²) in [5.41, 5.74) is 5.67. The van der Waals surface area contributed by atoms with E-state index in [0.29, 0.717) is 0 Å². The van der Waals surface area contributed by atoms with Crippen LogP contribution < -0.4 is 11.1 Å². The predicted octanol–water partition coefficient (Wildman–Crippen LogP) is 0.570. The molecule has 0 aliphatic carbocycles.